The molecule has 0 bridgehead atoms. The number of H-pyrrole nitrogens is 1. The number of aromatic nitrogens is 1. The van der Waals surface area contributed by atoms with E-state index in [0.29, 0.717) is 64.5 Å². The van der Waals surface area contributed by atoms with Crippen molar-refractivity contribution in [2.45, 2.75) is 24.3 Å². The summed E-state index contributed by atoms with van der Waals surface area (Å²) >= 11 is 0. The third-order valence-electron chi connectivity index (χ3n) is 9.05. The number of benzene rings is 2. The largest absolute Gasteiger partial charge is 0.497 e. The van der Waals surface area contributed by atoms with Crippen LogP contribution >= 0.6 is 0 Å². The van der Waals surface area contributed by atoms with Gasteiger partial charge in [0.15, 0.2) is 0 Å². The van der Waals surface area contributed by atoms with Crippen molar-refractivity contribution >= 4 is 28.5 Å². The number of urea groups is 1. The first-order valence-corrected chi connectivity index (χ1v) is 14.5. The summed E-state index contributed by atoms with van der Waals surface area (Å²) in [5, 5.41) is 14.7. The van der Waals surface area contributed by atoms with E-state index in [1.165, 1.54) is 0 Å². The molecule has 2 fully saturated rings. The fourth-order valence-electron chi connectivity index (χ4n) is 6.73. The Balaban J connectivity index is 1.29. The van der Waals surface area contributed by atoms with Crippen molar-refractivity contribution in [3.8, 4) is 11.5 Å². The van der Waals surface area contributed by atoms with Gasteiger partial charge in [0.25, 0.3) is 0 Å². The van der Waals surface area contributed by atoms with Crippen LogP contribution in [0.5, 0.6) is 11.5 Å². The summed E-state index contributed by atoms with van der Waals surface area (Å²) in [4.78, 5) is 36.4. The van der Waals surface area contributed by atoms with E-state index < -0.39 is 6.04 Å². The van der Waals surface area contributed by atoms with Crippen molar-refractivity contribution in [1.82, 2.24) is 19.7 Å². The van der Waals surface area contributed by atoms with Crippen LogP contribution in [0.2, 0.25) is 0 Å². The number of fused-ring (bicyclic) bond motifs is 4. The van der Waals surface area contributed by atoms with Crippen LogP contribution in [0.25, 0.3) is 10.9 Å². The van der Waals surface area contributed by atoms with Gasteiger partial charge in [0, 0.05) is 66.5 Å². The van der Waals surface area contributed by atoms with Crippen molar-refractivity contribution in [3.63, 3.8) is 0 Å². The van der Waals surface area contributed by atoms with Crippen LogP contribution in [0.15, 0.2) is 42.5 Å². The highest BCUT2D eigenvalue weighted by Gasteiger charge is 2.49. The molecule has 0 radical (unpaired) electrons. The van der Waals surface area contributed by atoms with E-state index in [1.54, 1.807) is 14.2 Å². The predicted octanol–water partition coefficient (Wildman–Crippen LogP) is 2.96. The van der Waals surface area contributed by atoms with Crippen molar-refractivity contribution in [3.05, 3.63) is 53.7 Å². The number of aliphatic hydroxyl groups excluding tert-OH is 1. The third-order valence-corrected chi connectivity index (χ3v) is 9.05. The van der Waals surface area contributed by atoms with E-state index in [1.807, 2.05) is 46.2 Å². The molecule has 11 nitrogen and oxygen atoms in total. The maximum absolute atomic E-state index is 13.8. The molecule has 11 heteroatoms. The number of hydrogen-bond donors (Lipinski definition) is 3. The highest BCUT2D eigenvalue weighted by atomic mass is 16.5. The van der Waals surface area contributed by atoms with Crippen molar-refractivity contribution in [2.75, 3.05) is 78.6 Å². The van der Waals surface area contributed by atoms with E-state index in [0.717, 1.165) is 33.7 Å². The maximum Gasteiger partial charge on any atom is 0.321 e. The summed E-state index contributed by atoms with van der Waals surface area (Å²) in [7, 11) is 3.25. The standard InChI is InChI=1S/C31H39N5O6/c1-40-22-5-3-21(4-6-22)32-30(39)35-11-9-31(10-12-35)20-36(27(38)18-34-13-15-42-16-14-34)26(19-37)29-28(31)24-8-7-23(41-2)17-25(24)33-29/h3-8,17,26,33,37H,9-16,18-20H2,1-2H3,(H,32,39)/t26-/m1/s1. The molecule has 42 heavy (non-hydrogen) atoms. The maximum atomic E-state index is 13.8. The summed E-state index contributed by atoms with van der Waals surface area (Å²) in [5.41, 5.74) is 3.27. The summed E-state index contributed by atoms with van der Waals surface area (Å²) < 4.78 is 16.2. The van der Waals surface area contributed by atoms with Crippen molar-refractivity contribution in [1.29, 1.82) is 0 Å². The number of aromatic amines is 1. The molecule has 3 aromatic rings. The average Bonchev–Trinajstić information content (AvgIpc) is 3.42. The number of nitrogens with zero attached hydrogens (tertiary/aromatic N) is 3. The van der Waals surface area contributed by atoms with Gasteiger partial charge in [-0.15, -0.1) is 0 Å². The normalized spacial score (nSPS) is 20.4. The van der Waals surface area contributed by atoms with Gasteiger partial charge in [-0.3, -0.25) is 9.69 Å². The molecule has 6 rings (SSSR count). The first kappa shape index (κ1) is 28.3. The molecule has 0 saturated carbocycles. The number of aliphatic hydroxyl groups is 1. The van der Waals surface area contributed by atoms with Gasteiger partial charge in [-0.2, -0.15) is 0 Å². The number of amides is 3. The molecule has 0 unspecified atom stereocenters. The number of hydrogen-bond acceptors (Lipinski definition) is 7. The van der Waals surface area contributed by atoms with E-state index >= 15 is 0 Å². The highest BCUT2D eigenvalue weighted by molar-refractivity contribution is 5.91. The Morgan fingerprint density at radius 1 is 1.02 bits per heavy atom. The van der Waals surface area contributed by atoms with Gasteiger partial charge >= 0.3 is 6.03 Å². The summed E-state index contributed by atoms with van der Waals surface area (Å²) in [6, 6.07) is 12.6. The Hall–Kier alpha value is -3.80. The first-order chi connectivity index (χ1) is 20.4. The smallest absolute Gasteiger partial charge is 0.321 e. The van der Waals surface area contributed by atoms with Gasteiger partial charge in [-0.1, -0.05) is 0 Å². The SMILES string of the molecule is COc1ccc(NC(=O)N2CCC3(CC2)CN(C(=O)CN2CCOCC2)[C@H](CO)c2[nH]c4cc(OC)ccc4c23)cc1. The third kappa shape index (κ3) is 5.28. The van der Waals surface area contributed by atoms with Gasteiger partial charge in [-0.25, -0.2) is 4.79 Å². The van der Waals surface area contributed by atoms with E-state index in [-0.39, 0.29) is 30.5 Å². The Morgan fingerprint density at radius 2 is 1.71 bits per heavy atom. The van der Waals surface area contributed by atoms with Crippen LogP contribution in [0.3, 0.4) is 0 Å². The molecule has 2 aromatic carbocycles. The van der Waals surface area contributed by atoms with Crippen LogP contribution in [-0.4, -0.2) is 110 Å². The monoisotopic (exact) mass is 577 g/mol. The lowest BCUT2D eigenvalue weighted by Gasteiger charge is -2.50. The Bertz CT molecular complexity index is 1430. The number of piperidine rings is 1. The summed E-state index contributed by atoms with van der Waals surface area (Å²) in [6.45, 7) is 4.33. The quantitative estimate of drug-likeness (QED) is 0.412. The van der Waals surface area contributed by atoms with Gasteiger partial charge in [-0.05, 0) is 54.8 Å². The summed E-state index contributed by atoms with van der Waals surface area (Å²) in [6.07, 6.45) is 1.38. The number of anilines is 1. The second kappa shape index (κ2) is 11.8. The lowest BCUT2D eigenvalue weighted by Crippen LogP contribution is -2.57. The van der Waals surface area contributed by atoms with Crippen molar-refractivity contribution in [2.24, 2.45) is 0 Å². The molecule has 4 heterocycles. The molecule has 1 spiro atoms. The predicted molar refractivity (Wildman–Crippen MR) is 158 cm³/mol. The Morgan fingerprint density at radius 3 is 2.38 bits per heavy atom. The number of rotatable bonds is 6. The first-order valence-electron chi connectivity index (χ1n) is 14.5. The minimum absolute atomic E-state index is 0.00288. The lowest BCUT2D eigenvalue weighted by atomic mass is 9.68. The number of ether oxygens (including phenoxy) is 3. The second-order valence-corrected chi connectivity index (χ2v) is 11.4. The molecule has 3 aliphatic rings. The molecule has 3 N–H and O–H groups in total. The summed E-state index contributed by atoms with van der Waals surface area (Å²) in [5.74, 6) is 1.46. The minimum Gasteiger partial charge on any atom is -0.497 e. The number of carbonyl (C=O) groups is 2. The molecule has 1 aromatic heterocycles. The van der Waals surface area contributed by atoms with Gasteiger partial charge < -0.3 is 39.4 Å². The topological polar surface area (TPSA) is 120 Å². The molecular weight excluding hydrogens is 538 g/mol. The van der Waals surface area contributed by atoms with Gasteiger partial charge in [0.05, 0.1) is 46.6 Å². The fraction of sp³-hybridized carbons (Fsp3) is 0.484. The Kier molecular flexibility index (Phi) is 7.98. The number of morpholine rings is 1. The number of methoxy groups -OCH3 is 2. The average molecular weight is 578 g/mol. The van der Waals surface area contributed by atoms with Crippen LogP contribution < -0.4 is 14.8 Å². The zero-order chi connectivity index (χ0) is 29.3. The molecule has 2 saturated heterocycles. The van der Waals surface area contributed by atoms with E-state index in [2.05, 4.69) is 21.3 Å². The highest BCUT2D eigenvalue weighted by Crippen LogP contribution is 2.49. The zero-order valence-electron chi connectivity index (χ0n) is 24.2. The molecule has 1 atom stereocenters. The van der Waals surface area contributed by atoms with Gasteiger partial charge in [0.2, 0.25) is 5.91 Å². The fourth-order valence-corrected chi connectivity index (χ4v) is 6.73. The molecular formula is C31H39N5O6. The number of likely N-dealkylation sites (tertiary alicyclic amines) is 1. The van der Waals surface area contributed by atoms with Gasteiger partial charge in [0.1, 0.15) is 11.5 Å². The molecule has 3 aliphatic heterocycles. The number of nitrogens with one attached hydrogen (secondary N) is 2. The van der Waals surface area contributed by atoms with Crippen LogP contribution in [0.1, 0.15) is 30.1 Å². The zero-order valence-corrected chi connectivity index (χ0v) is 24.2. The van der Waals surface area contributed by atoms with Crippen LogP contribution in [0, 0.1) is 0 Å². The van der Waals surface area contributed by atoms with Crippen LogP contribution in [-0.2, 0) is 14.9 Å². The minimum atomic E-state index is -0.478. The Labute approximate surface area is 245 Å². The van der Waals surface area contributed by atoms with E-state index in [4.69, 9.17) is 14.2 Å². The molecule has 224 valence electrons. The lowest BCUT2D eigenvalue weighted by molar-refractivity contribution is -0.139. The molecule has 0 aliphatic carbocycles. The van der Waals surface area contributed by atoms with Crippen molar-refractivity contribution < 1.29 is 28.9 Å². The van der Waals surface area contributed by atoms with Crippen LogP contribution in [0.4, 0.5) is 10.5 Å². The van der Waals surface area contributed by atoms with E-state index in [9.17, 15) is 14.7 Å². The second-order valence-electron chi connectivity index (χ2n) is 11.4. The number of carbonyl (C=O) groups excluding carboxylic acids is 2. The molecule has 3 amide bonds.